The molecule has 1 saturated carbocycles. The number of esters is 1. The molecule has 0 aromatic rings. The summed E-state index contributed by atoms with van der Waals surface area (Å²) in [6.45, 7) is 4.80. The van der Waals surface area contributed by atoms with Gasteiger partial charge in [-0.1, -0.05) is 6.92 Å². The quantitative estimate of drug-likeness (QED) is 0.700. The number of likely N-dealkylation sites (tertiary alicyclic amines) is 1. The van der Waals surface area contributed by atoms with Crippen molar-refractivity contribution >= 4 is 5.97 Å². The molecule has 1 heterocycles. The molecule has 2 aliphatic rings. The summed E-state index contributed by atoms with van der Waals surface area (Å²) < 4.78 is 4.90. The van der Waals surface area contributed by atoms with E-state index in [2.05, 4.69) is 17.1 Å². The van der Waals surface area contributed by atoms with Crippen LogP contribution in [-0.4, -0.2) is 61.4 Å². The minimum absolute atomic E-state index is 0.0363. The Morgan fingerprint density at radius 3 is 2.68 bits per heavy atom. The van der Waals surface area contributed by atoms with Crippen molar-refractivity contribution in [3.63, 3.8) is 0 Å². The Labute approximate surface area is 115 Å². The van der Waals surface area contributed by atoms with Crippen LogP contribution in [-0.2, 0) is 9.53 Å². The number of hydrogen-bond acceptors (Lipinski definition) is 5. The molecule has 0 spiro atoms. The summed E-state index contributed by atoms with van der Waals surface area (Å²) in [5, 5.41) is 12.2. The fourth-order valence-corrected chi connectivity index (χ4v) is 3.34. The topological polar surface area (TPSA) is 61.8 Å². The summed E-state index contributed by atoms with van der Waals surface area (Å²) in [5.41, 5.74) is 0. The number of methoxy groups -OCH3 is 1. The third kappa shape index (κ3) is 3.68. The Morgan fingerprint density at radius 2 is 2.11 bits per heavy atom. The fraction of sp³-hybridized carbons (Fsp3) is 0.929. The van der Waals surface area contributed by atoms with Crippen molar-refractivity contribution < 1.29 is 14.6 Å². The lowest BCUT2D eigenvalue weighted by Gasteiger charge is -2.47. The van der Waals surface area contributed by atoms with E-state index in [1.165, 1.54) is 20.0 Å². The average molecular weight is 270 g/mol. The number of nitrogens with one attached hydrogen (secondary N) is 1. The number of piperidine rings is 1. The molecular weight excluding hydrogens is 244 g/mol. The number of carbonyl (C=O) groups excluding carboxylic acids is 1. The normalized spacial score (nSPS) is 35.7. The molecule has 2 rings (SSSR count). The molecule has 5 heteroatoms. The second kappa shape index (κ2) is 6.68. The van der Waals surface area contributed by atoms with E-state index in [-0.39, 0.29) is 24.5 Å². The summed E-state index contributed by atoms with van der Waals surface area (Å²) in [5.74, 6) is 0.672. The molecule has 19 heavy (non-hydrogen) atoms. The van der Waals surface area contributed by atoms with Crippen LogP contribution in [0.1, 0.15) is 26.2 Å². The van der Waals surface area contributed by atoms with E-state index in [4.69, 9.17) is 9.84 Å². The van der Waals surface area contributed by atoms with Crippen molar-refractivity contribution in [1.82, 2.24) is 10.2 Å². The standard InChI is InChI=1S/C14H26N2O3/c1-10-5-13(6-10)16-8-11(14(18)19-2)7-12(9-16)15-3-4-17/h10-13,15,17H,3-9H2,1-2H3. The maximum absolute atomic E-state index is 11.8. The highest BCUT2D eigenvalue weighted by Gasteiger charge is 2.38. The van der Waals surface area contributed by atoms with E-state index in [0.717, 1.165) is 25.4 Å². The highest BCUT2D eigenvalue weighted by molar-refractivity contribution is 5.72. The van der Waals surface area contributed by atoms with E-state index in [9.17, 15) is 4.79 Å². The zero-order valence-electron chi connectivity index (χ0n) is 12.0. The predicted molar refractivity (Wildman–Crippen MR) is 72.8 cm³/mol. The molecule has 1 aliphatic carbocycles. The van der Waals surface area contributed by atoms with E-state index in [0.29, 0.717) is 12.6 Å². The Bertz CT molecular complexity index is 305. The van der Waals surface area contributed by atoms with Gasteiger partial charge in [0.15, 0.2) is 0 Å². The van der Waals surface area contributed by atoms with Crippen molar-refractivity contribution in [3.05, 3.63) is 0 Å². The van der Waals surface area contributed by atoms with Crippen molar-refractivity contribution in [3.8, 4) is 0 Å². The van der Waals surface area contributed by atoms with Crippen LogP contribution < -0.4 is 5.32 Å². The summed E-state index contributed by atoms with van der Waals surface area (Å²) in [6.07, 6.45) is 3.28. The molecule has 0 amide bonds. The molecule has 110 valence electrons. The fourth-order valence-electron chi connectivity index (χ4n) is 3.34. The van der Waals surface area contributed by atoms with Gasteiger partial charge >= 0.3 is 5.97 Å². The Balaban J connectivity index is 1.93. The van der Waals surface area contributed by atoms with Gasteiger partial charge in [0.05, 0.1) is 19.6 Å². The summed E-state index contributed by atoms with van der Waals surface area (Å²) in [6, 6.07) is 0.904. The molecule has 2 atom stereocenters. The zero-order valence-corrected chi connectivity index (χ0v) is 12.0. The predicted octanol–water partition coefficient (Wildman–Crippen LogP) is 0.230. The molecule has 2 N–H and O–H groups in total. The lowest BCUT2D eigenvalue weighted by Crippen LogP contribution is -2.57. The number of hydrogen-bond donors (Lipinski definition) is 2. The number of nitrogens with zero attached hydrogens (tertiary/aromatic N) is 1. The highest BCUT2D eigenvalue weighted by atomic mass is 16.5. The van der Waals surface area contributed by atoms with Crippen molar-refractivity contribution in [1.29, 1.82) is 0 Å². The third-order valence-electron chi connectivity index (χ3n) is 4.42. The summed E-state index contributed by atoms with van der Waals surface area (Å²) in [4.78, 5) is 14.2. The van der Waals surface area contributed by atoms with Crippen LogP contribution in [0.15, 0.2) is 0 Å². The zero-order chi connectivity index (χ0) is 13.8. The molecule has 5 nitrogen and oxygen atoms in total. The minimum Gasteiger partial charge on any atom is -0.469 e. The molecule has 0 radical (unpaired) electrons. The monoisotopic (exact) mass is 270 g/mol. The van der Waals surface area contributed by atoms with Crippen LogP contribution in [0.25, 0.3) is 0 Å². The van der Waals surface area contributed by atoms with Crippen LogP contribution in [0.5, 0.6) is 0 Å². The first-order valence-electron chi connectivity index (χ1n) is 7.30. The number of rotatable bonds is 5. The minimum atomic E-state index is -0.104. The van der Waals surface area contributed by atoms with Gasteiger partial charge in [0.1, 0.15) is 0 Å². The van der Waals surface area contributed by atoms with E-state index < -0.39 is 0 Å². The van der Waals surface area contributed by atoms with E-state index >= 15 is 0 Å². The number of aliphatic hydroxyl groups excluding tert-OH is 1. The van der Waals surface area contributed by atoms with Gasteiger partial charge in [0, 0.05) is 31.7 Å². The van der Waals surface area contributed by atoms with Crippen LogP contribution in [0.3, 0.4) is 0 Å². The van der Waals surface area contributed by atoms with E-state index in [1.807, 2.05) is 0 Å². The highest BCUT2D eigenvalue weighted by Crippen LogP contribution is 2.33. The first kappa shape index (κ1) is 14.8. The van der Waals surface area contributed by atoms with Gasteiger partial charge in [-0.05, 0) is 25.2 Å². The number of ether oxygens (including phenoxy) is 1. The SMILES string of the molecule is COC(=O)C1CC(NCCO)CN(C2CC(C)C2)C1. The number of carbonyl (C=O) groups is 1. The smallest absolute Gasteiger partial charge is 0.310 e. The van der Waals surface area contributed by atoms with Crippen molar-refractivity contribution in [2.45, 2.75) is 38.3 Å². The molecule has 2 unspecified atom stereocenters. The molecule has 0 aromatic heterocycles. The number of aliphatic hydroxyl groups is 1. The van der Waals surface area contributed by atoms with Gasteiger partial charge in [-0.3, -0.25) is 9.69 Å². The van der Waals surface area contributed by atoms with Gasteiger partial charge in [-0.15, -0.1) is 0 Å². The Morgan fingerprint density at radius 1 is 1.37 bits per heavy atom. The van der Waals surface area contributed by atoms with Gasteiger partial charge < -0.3 is 15.2 Å². The summed E-state index contributed by atoms with van der Waals surface area (Å²) in [7, 11) is 1.46. The lowest BCUT2D eigenvalue weighted by atomic mass is 9.79. The molecular formula is C14H26N2O3. The van der Waals surface area contributed by atoms with Gasteiger partial charge in [0.25, 0.3) is 0 Å². The first-order valence-corrected chi connectivity index (χ1v) is 7.30. The van der Waals surface area contributed by atoms with Crippen molar-refractivity contribution in [2.24, 2.45) is 11.8 Å². The Kier molecular flexibility index (Phi) is 5.19. The van der Waals surface area contributed by atoms with Crippen LogP contribution in [0.2, 0.25) is 0 Å². The first-order chi connectivity index (χ1) is 9.13. The van der Waals surface area contributed by atoms with Crippen LogP contribution in [0, 0.1) is 11.8 Å². The lowest BCUT2D eigenvalue weighted by molar-refractivity contribution is -0.148. The van der Waals surface area contributed by atoms with Gasteiger partial charge in [-0.25, -0.2) is 0 Å². The average Bonchev–Trinajstić information content (AvgIpc) is 2.40. The van der Waals surface area contributed by atoms with Crippen LogP contribution >= 0.6 is 0 Å². The molecule has 2 fully saturated rings. The molecule has 0 aromatic carbocycles. The maximum atomic E-state index is 11.8. The van der Waals surface area contributed by atoms with Crippen LogP contribution in [0.4, 0.5) is 0 Å². The van der Waals surface area contributed by atoms with Gasteiger partial charge in [0.2, 0.25) is 0 Å². The maximum Gasteiger partial charge on any atom is 0.310 e. The largest absolute Gasteiger partial charge is 0.469 e. The van der Waals surface area contributed by atoms with Crippen molar-refractivity contribution in [2.75, 3.05) is 33.4 Å². The van der Waals surface area contributed by atoms with Gasteiger partial charge in [-0.2, -0.15) is 0 Å². The van der Waals surface area contributed by atoms with E-state index in [1.54, 1.807) is 0 Å². The third-order valence-corrected chi connectivity index (χ3v) is 4.42. The molecule has 0 bridgehead atoms. The Hall–Kier alpha value is -0.650. The second-order valence-electron chi connectivity index (χ2n) is 6.01. The second-order valence-corrected chi connectivity index (χ2v) is 6.01. The summed E-state index contributed by atoms with van der Waals surface area (Å²) >= 11 is 0. The molecule has 1 aliphatic heterocycles. The molecule has 1 saturated heterocycles.